The van der Waals surface area contributed by atoms with E-state index in [2.05, 4.69) is 4.74 Å². The molecule has 0 saturated heterocycles. The Hall–Kier alpha value is -0.280. The molecule has 0 saturated carbocycles. The maximum Gasteiger partial charge on any atom is 0.305 e. The van der Waals surface area contributed by atoms with Gasteiger partial charge in [-0.05, 0) is 5.92 Å². The highest BCUT2D eigenvalue weighted by molar-refractivity contribution is 5.85. The molecule has 0 fully saturated rings. The first-order valence-corrected chi connectivity index (χ1v) is 2.73. The van der Waals surface area contributed by atoms with Gasteiger partial charge in [0.2, 0.25) is 0 Å². The minimum Gasteiger partial charge on any atom is -0.469 e. The highest BCUT2D eigenvalue weighted by atomic mass is 35.5. The third-order valence-corrected chi connectivity index (χ3v) is 0.803. The zero-order valence-corrected chi connectivity index (χ0v) is 7.53. The highest BCUT2D eigenvalue weighted by Crippen LogP contribution is 1.98. The summed E-state index contributed by atoms with van der Waals surface area (Å²) in [4.78, 5) is 10.4. The molecule has 0 rings (SSSR count). The van der Waals surface area contributed by atoms with Crippen molar-refractivity contribution in [3.8, 4) is 0 Å². The first-order chi connectivity index (χ1) is 3.66. The van der Waals surface area contributed by atoms with Crippen LogP contribution in [-0.4, -0.2) is 13.1 Å². The maximum absolute atomic E-state index is 10.4. The van der Waals surface area contributed by atoms with E-state index in [1.807, 2.05) is 13.8 Å². The van der Waals surface area contributed by atoms with Crippen LogP contribution >= 0.6 is 12.4 Å². The summed E-state index contributed by atoms with van der Waals surface area (Å²) in [6.45, 7) is 3.97. The number of rotatable bonds is 2. The van der Waals surface area contributed by atoms with Crippen molar-refractivity contribution in [1.29, 1.82) is 0 Å². The average Bonchev–Trinajstić information content (AvgIpc) is 1.65. The van der Waals surface area contributed by atoms with Gasteiger partial charge in [-0.1, -0.05) is 13.8 Å². The first kappa shape index (κ1) is 16.4. The number of ether oxygens (including phenoxy) is 1. The Morgan fingerprint density at radius 1 is 1.50 bits per heavy atom. The van der Waals surface area contributed by atoms with Crippen LogP contribution in [0, 0.1) is 5.92 Å². The van der Waals surface area contributed by atoms with Gasteiger partial charge < -0.3 is 10.9 Å². The normalized spacial score (nSPS) is 7.60. The van der Waals surface area contributed by atoms with Crippen LogP contribution in [0.5, 0.6) is 0 Å². The van der Waals surface area contributed by atoms with Crippen LogP contribution in [0.4, 0.5) is 0 Å². The van der Waals surface area contributed by atoms with E-state index >= 15 is 0 Å². The van der Waals surface area contributed by atoms with Crippen LogP contribution in [0.25, 0.3) is 0 Å². The smallest absolute Gasteiger partial charge is 0.305 e. The SMILES string of the molecule is COC(=O)CC(C)C.Cl.N. The molecule has 0 aliphatic heterocycles. The van der Waals surface area contributed by atoms with Crippen LogP contribution in [0.3, 0.4) is 0 Å². The van der Waals surface area contributed by atoms with Crippen LogP contribution in [-0.2, 0) is 9.53 Å². The van der Waals surface area contributed by atoms with Crippen LogP contribution < -0.4 is 6.15 Å². The molecule has 0 heterocycles. The van der Waals surface area contributed by atoms with Gasteiger partial charge in [-0.25, -0.2) is 0 Å². The molecule has 0 radical (unpaired) electrons. The molecular weight excluding hydrogens is 154 g/mol. The molecule has 0 atom stereocenters. The summed E-state index contributed by atoms with van der Waals surface area (Å²) in [6, 6.07) is 0. The van der Waals surface area contributed by atoms with Crippen LogP contribution in [0.2, 0.25) is 0 Å². The first-order valence-electron chi connectivity index (χ1n) is 2.73. The summed E-state index contributed by atoms with van der Waals surface area (Å²) < 4.78 is 4.42. The van der Waals surface area contributed by atoms with Crippen molar-refractivity contribution in [2.75, 3.05) is 7.11 Å². The van der Waals surface area contributed by atoms with Crippen molar-refractivity contribution >= 4 is 18.4 Å². The second kappa shape index (κ2) is 8.72. The molecule has 10 heavy (non-hydrogen) atoms. The number of hydrogen-bond donors (Lipinski definition) is 1. The molecule has 0 unspecified atom stereocenters. The quantitative estimate of drug-likeness (QED) is 0.642. The highest BCUT2D eigenvalue weighted by Gasteiger charge is 2.01. The number of esters is 1. The zero-order chi connectivity index (χ0) is 6.57. The largest absolute Gasteiger partial charge is 0.469 e. The molecule has 0 amide bonds. The fourth-order valence-electron chi connectivity index (χ4n) is 0.417. The summed E-state index contributed by atoms with van der Waals surface area (Å²) in [5, 5.41) is 0. The number of hydrogen-bond acceptors (Lipinski definition) is 3. The third kappa shape index (κ3) is 10.7. The Morgan fingerprint density at radius 2 is 1.90 bits per heavy atom. The van der Waals surface area contributed by atoms with E-state index in [0.29, 0.717) is 12.3 Å². The lowest BCUT2D eigenvalue weighted by molar-refractivity contribution is -0.141. The van der Waals surface area contributed by atoms with Crippen molar-refractivity contribution in [3.63, 3.8) is 0 Å². The van der Waals surface area contributed by atoms with Gasteiger partial charge in [-0.2, -0.15) is 0 Å². The molecule has 0 aromatic heterocycles. The van der Waals surface area contributed by atoms with Crippen molar-refractivity contribution in [2.45, 2.75) is 20.3 Å². The van der Waals surface area contributed by atoms with Gasteiger partial charge in [-0.3, -0.25) is 4.79 Å². The monoisotopic (exact) mass is 169 g/mol. The molecule has 0 aliphatic rings. The third-order valence-electron chi connectivity index (χ3n) is 0.803. The van der Waals surface area contributed by atoms with Gasteiger partial charge in [0.15, 0.2) is 0 Å². The Bertz CT molecular complexity index is 85.8. The van der Waals surface area contributed by atoms with Gasteiger partial charge in [0, 0.05) is 6.42 Å². The van der Waals surface area contributed by atoms with E-state index in [0.717, 1.165) is 0 Å². The van der Waals surface area contributed by atoms with E-state index in [4.69, 9.17) is 0 Å². The molecule has 3 N–H and O–H groups in total. The average molecular weight is 170 g/mol. The summed E-state index contributed by atoms with van der Waals surface area (Å²) in [5.41, 5.74) is 0. The minimum atomic E-state index is -0.125. The summed E-state index contributed by atoms with van der Waals surface area (Å²) >= 11 is 0. The van der Waals surface area contributed by atoms with Crippen molar-refractivity contribution in [1.82, 2.24) is 6.15 Å². The maximum atomic E-state index is 10.4. The van der Waals surface area contributed by atoms with Crippen molar-refractivity contribution in [3.05, 3.63) is 0 Å². The number of methoxy groups -OCH3 is 1. The summed E-state index contributed by atoms with van der Waals surface area (Å²) in [6.07, 6.45) is 0.524. The second-order valence-corrected chi connectivity index (χ2v) is 2.17. The van der Waals surface area contributed by atoms with Gasteiger partial charge in [-0.15, -0.1) is 12.4 Å². The van der Waals surface area contributed by atoms with Crippen molar-refractivity contribution in [2.24, 2.45) is 5.92 Å². The van der Waals surface area contributed by atoms with Crippen LogP contribution in [0.15, 0.2) is 0 Å². The van der Waals surface area contributed by atoms with Crippen LogP contribution in [0.1, 0.15) is 20.3 Å². The molecular formula is C6H16ClNO2. The number of carbonyl (C=O) groups excluding carboxylic acids is 1. The van der Waals surface area contributed by atoms with E-state index in [1.54, 1.807) is 0 Å². The van der Waals surface area contributed by atoms with Gasteiger partial charge in [0.1, 0.15) is 0 Å². The summed E-state index contributed by atoms with van der Waals surface area (Å²) in [7, 11) is 1.41. The Balaban J connectivity index is -0.000000245. The van der Waals surface area contributed by atoms with Crippen molar-refractivity contribution < 1.29 is 9.53 Å². The predicted octanol–water partition coefficient (Wildman–Crippen LogP) is 1.79. The summed E-state index contributed by atoms with van der Waals surface area (Å²) in [5.74, 6) is 0.280. The molecule has 0 spiro atoms. The standard InChI is InChI=1S/C6H12O2.ClH.H3N/c1-5(2)4-6(7)8-3;;/h5H,4H2,1-3H3;1H;1H3. The predicted molar refractivity (Wildman–Crippen MR) is 43.7 cm³/mol. The van der Waals surface area contributed by atoms with E-state index in [1.165, 1.54) is 7.11 Å². The zero-order valence-electron chi connectivity index (χ0n) is 6.72. The molecule has 0 aliphatic carbocycles. The molecule has 0 aromatic rings. The molecule has 4 heteroatoms. The van der Waals surface area contributed by atoms with E-state index in [9.17, 15) is 4.79 Å². The fourth-order valence-corrected chi connectivity index (χ4v) is 0.417. The lowest BCUT2D eigenvalue weighted by Crippen LogP contribution is -2.03. The molecule has 3 nitrogen and oxygen atoms in total. The van der Waals surface area contributed by atoms with Gasteiger partial charge in [0.25, 0.3) is 0 Å². The lowest BCUT2D eigenvalue weighted by Gasteiger charge is -1.99. The van der Waals surface area contributed by atoms with E-state index in [-0.39, 0.29) is 24.5 Å². The molecule has 0 bridgehead atoms. The molecule has 0 aromatic carbocycles. The Kier molecular flexibility index (Phi) is 14.3. The lowest BCUT2D eigenvalue weighted by atomic mass is 10.1. The topological polar surface area (TPSA) is 61.3 Å². The Labute approximate surface area is 68.1 Å². The van der Waals surface area contributed by atoms with Gasteiger partial charge in [0.05, 0.1) is 7.11 Å². The minimum absolute atomic E-state index is 0. The number of halogens is 1. The molecule has 64 valence electrons. The second-order valence-electron chi connectivity index (χ2n) is 2.17. The van der Waals surface area contributed by atoms with E-state index < -0.39 is 0 Å². The van der Waals surface area contributed by atoms with Gasteiger partial charge >= 0.3 is 5.97 Å². The number of carbonyl (C=O) groups is 1. The fraction of sp³-hybridized carbons (Fsp3) is 0.833. The Morgan fingerprint density at radius 3 is 2.00 bits per heavy atom.